The SMILES string of the molecule is CN1C(=O)/C(=C2\SC(=S)N([C@H](CC(=O)[O-])C(=O)[O-])C2=O)c2ccccc21. The Labute approximate surface area is 157 Å². The van der Waals surface area contributed by atoms with Crippen molar-refractivity contribution in [1.82, 2.24) is 4.90 Å². The molecule has 1 aromatic rings. The van der Waals surface area contributed by atoms with Crippen LogP contribution < -0.4 is 15.1 Å². The molecule has 2 heterocycles. The third kappa shape index (κ3) is 2.76. The van der Waals surface area contributed by atoms with E-state index in [2.05, 4.69) is 0 Å². The van der Waals surface area contributed by atoms with Gasteiger partial charge in [-0.05, 0) is 6.07 Å². The number of para-hydroxylation sites is 1. The zero-order chi connectivity index (χ0) is 19.2. The van der Waals surface area contributed by atoms with Crippen molar-refractivity contribution in [2.45, 2.75) is 12.5 Å². The molecule has 0 saturated carbocycles. The highest BCUT2D eigenvalue weighted by Gasteiger charge is 2.43. The van der Waals surface area contributed by atoms with E-state index in [1.807, 2.05) is 0 Å². The summed E-state index contributed by atoms with van der Waals surface area (Å²) in [7, 11) is 1.55. The molecule has 0 spiro atoms. The van der Waals surface area contributed by atoms with Gasteiger partial charge < -0.3 is 24.7 Å². The summed E-state index contributed by atoms with van der Waals surface area (Å²) in [6.45, 7) is 0. The highest BCUT2D eigenvalue weighted by Crippen LogP contribution is 2.44. The molecular formula is C16H10N2O6S2-2. The van der Waals surface area contributed by atoms with E-state index < -0.39 is 36.2 Å². The van der Waals surface area contributed by atoms with E-state index >= 15 is 0 Å². The molecule has 2 aliphatic rings. The fourth-order valence-electron chi connectivity index (χ4n) is 2.83. The molecule has 26 heavy (non-hydrogen) atoms. The van der Waals surface area contributed by atoms with Gasteiger partial charge in [0.05, 0.1) is 28.2 Å². The molecule has 0 aliphatic carbocycles. The number of carbonyl (C=O) groups excluding carboxylic acids is 4. The highest BCUT2D eigenvalue weighted by atomic mass is 32.2. The van der Waals surface area contributed by atoms with Gasteiger partial charge in [0.1, 0.15) is 4.32 Å². The van der Waals surface area contributed by atoms with Crippen LogP contribution in [0.4, 0.5) is 5.69 Å². The first-order valence-electron chi connectivity index (χ1n) is 7.31. The monoisotopic (exact) mass is 390 g/mol. The molecule has 1 aromatic carbocycles. The number of aliphatic carboxylic acids is 2. The van der Waals surface area contributed by atoms with Gasteiger partial charge in [-0.2, -0.15) is 0 Å². The average Bonchev–Trinajstić information content (AvgIpc) is 2.99. The van der Waals surface area contributed by atoms with Crippen molar-refractivity contribution < 1.29 is 29.4 Å². The Morgan fingerprint density at radius 1 is 1.19 bits per heavy atom. The van der Waals surface area contributed by atoms with Crippen molar-refractivity contribution in [3.8, 4) is 0 Å². The number of thiocarbonyl (C=S) groups is 1. The molecule has 134 valence electrons. The molecule has 10 heteroatoms. The maximum Gasteiger partial charge on any atom is 0.267 e. The first-order valence-corrected chi connectivity index (χ1v) is 8.54. The minimum atomic E-state index is -1.81. The lowest BCUT2D eigenvalue weighted by Crippen LogP contribution is -2.52. The summed E-state index contributed by atoms with van der Waals surface area (Å²) in [5.41, 5.74) is 1.22. The van der Waals surface area contributed by atoms with Crippen LogP contribution in [0.1, 0.15) is 12.0 Å². The van der Waals surface area contributed by atoms with Crippen LogP contribution in [-0.2, 0) is 19.2 Å². The molecule has 0 radical (unpaired) electrons. The van der Waals surface area contributed by atoms with Gasteiger partial charge in [-0.15, -0.1) is 0 Å². The molecular weight excluding hydrogens is 380 g/mol. The standard InChI is InChI=1S/C16H12N2O6S2/c1-17-8-5-3-2-4-7(8)11(13(17)21)12-14(22)18(16(25)26-12)9(15(23)24)6-10(19)20/h2-5,9H,6H2,1H3,(H,19,20)(H,23,24)/p-2/b12-11-/t9-/m1/s1. The molecule has 0 aromatic heterocycles. The number of carboxylic acid groups (broad SMARTS) is 2. The molecule has 2 amide bonds. The first-order chi connectivity index (χ1) is 12.2. The summed E-state index contributed by atoms with van der Waals surface area (Å²) in [4.78, 5) is 49.5. The Morgan fingerprint density at radius 3 is 2.46 bits per heavy atom. The molecule has 1 atom stereocenters. The summed E-state index contributed by atoms with van der Waals surface area (Å²) in [5.74, 6) is -4.71. The molecule has 8 nitrogen and oxygen atoms in total. The Balaban J connectivity index is 2.09. The number of benzene rings is 1. The van der Waals surface area contributed by atoms with Crippen LogP contribution >= 0.6 is 24.0 Å². The van der Waals surface area contributed by atoms with E-state index in [9.17, 15) is 29.4 Å². The number of thioether (sulfide) groups is 1. The fourth-order valence-corrected chi connectivity index (χ4v) is 4.25. The summed E-state index contributed by atoms with van der Waals surface area (Å²) in [6, 6.07) is 5.00. The van der Waals surface area contributed by atoms with Gasteiger partial charge in [-0.3, -0.25) is 14.5 Å². The smallest absolute Gasteiger partial charge is 0.267 e. The molecule has 0 unspecified atom stereocenters. The number of anilines is 1. The van der Waals surface area contributed by atoms with E-state index in [4.69, 9.17) is 12.2 Å². The van der Waals surface area contributed by atoms with Crippen LogP contribution in [0.3, 0.4) is 0 Å². The third-order valence-corrected chi connectivity index (χ3v) is 5.42. The molecule has 1 saturated heterocycles. The quantitative estimate of drug-likeness (QED) is 0.450. The van der Waals surface area contributed by atoms with Crippen LogP contribution in [0.5, 0.6) is 0 Å². The largest absolute Gasteiger partial charge is 0.550 e. The van der Waals surface area contributed by atoms with E-state index in [1.54, 1.807) is 31.3 Å². The van der Waals surface area contributed by atoms with E-state index in [-0.39, 0.29) is 14.8 Å². The number of hydrogen-bond donors (Lipinski definition) is 0. The summed E-state index contributed by atoms with van der Waals surface area (Å²) in [6.07, 6.45) is -0.970. The Kier molecular flexibility index (Phi) is 4.55. The average molecular weight is 390 g/mol. The summed E-state index contributed by atoms with van der Waals surface area (Å²) >= 11 is 5.81. The van der Waals surface area contributed by atoms with E-state index in [0.29, 0.717) is 16.2 Å². The van der Waals surface area contributed by atoms with Gasteiger partial charge in [-0.25, -0.2) is 0 Å². The van der Waals surface area contributed by atoms with Gasteiger partial charge in [0.15, 0.2) is 0 Å². The number of nitrogens with zero attached hydrogens (tertiary/aromatic N) is 2. The Morgan fingerprint density at radius 2 is 1.85 bits per heavy atom. The van der Waals surface area contributed by atoms with Gasteiger partial charge in [-0.1, -0.05) is 42.2 Å². The second-order valence-electron chi connectivity index (χ2n) is 5.54. The van der Waals surface area contributed by atoms with E-state index in [1.165, 1.54) is 4.90 Å². The topological polar surface area (TPSA) is 121 Å². The van der Waals surface area contributed by atoms with Crippen LogP contribution in [0.25, 0.3) is 5.57 Å². The van der Waals surface area contributed by atoms with Crippen LogP contribution in [0, 0.1) is 0 Å². The van der Waals surface area contributed by atoms with Crippen molar-refractivity contribution in [2.24, 2.45) is 0 Å². The van der Waals surface area contributed by atoms with Gasteiger partial charge in [0.25, 0.3) is 11.8 Å². The van der Waals surface area contributed by atoms with Crippen molar-refractivity contribution >= 4 is 63.3 Å². The lowest BCUT2D eigenvalue weighted by atomic mass is 10.1. The Bertz CT molecular complexity index is 910. The predicted molar refractivity (Wildman–Crippen MR) is 92.2 cm³/mol. The van der Waals surface area contributed by atoms with Gasteiger partial charge in [0.2, 0.25) is 0 Å². The van der Waals surface area contributed by atoms with Crippen LogP contribution in [-0.4, -0.2) is 46.1 Å². The molecule has 2 aliphatic heterocycles. The van der Waals surface area contributed by atoms with Gasteiger partial charge in [0, 0.05) is 25.0 Å². The maximum atomic E-state index is 12.8. The number of rotatable bonds is 4. The van der Waals surface area contributed by atoms with Gasteiger partial charge >= 0.3 is 0 Å². The Hall–Kier alpha value is -2.72. The number of carbonyl (C=O) groups is 4. The lowest BCUT2D eigenvalue weighted by Gasteiger charge is -2.27. The predicted octanol–water partition coefficient (Wildman–Crippen LogP) is -1.51. The number of fused-ring (bicyclic) bond motifs is 1. The van der Waals surface area contributed by atoms with Crippen molar-refractivity contribution in [3.05, 3.63) is 34.7 Å². The normalized spacial score (nSPS) is 20.6. The van der Waals surface area contributed by atoms with Crippen molar-refractivity contribution in [3.63, 3.8) is 0 Å². The maximum absolute atomic E-state index is 12.8. The van der Waals surface area contributed by atoms with Crippen molar-refractivity contribution in [2.75, 3.05) is 11.9 Å². The van der Waals surface area contributed by atoms with Crippen LogP contribution in [0.2, 0.25) is 0 Å². The summed E-state index contributed by atoms with van der Waals surface area (Å²) < 4.78 is -0.159. The molecule has 0 bridgehead atoms. The third-order valence-electron chi connectivity index (χ3n) is 4.02. The summed E-state index contributed by atoms with van der Waals surface area (Å²) in [5, 5.41) is 22.1. The molecule has 1 fully saturated rings. The second-order valence-corrected chi connectivity index (χ2v) is 7.18. The fraction of sp³-hybridized carbons (Fsp3) is 0.188. The van der Waals surface area contributed by atoms with Crippen LogP contribution in [0.15, 0.2) is 29.2 Å². The molecule has 0 N–H and O–H groups in total. The van der Waals surface area contributed by atoms with E-state index in [0.717, 1.165) is 11.8 Å². The number of amides is 2. The highest BCUT2D eigenvalue weighted by molar-refractivity contribution is 8.26. The number of likely N-dealkylation sites (N-methyl/N-ethyl adjacent to an activating group) is 1. The minimum absolute atomic E-state index is 0.0404. The number of carboxylic acids is 2. The minimum Gasteiger partial charge on any atom is -0.550 e. The lowest BCUT2D eigenvalue weighted by molar-refractivity contribution is -0.319. The first kappa shape index (κ1) is 18.1. The molecule has 3 rings (SSSR count). The zero-order valence-corrected chi connectivity index (χ0v) is 14.9. The second kappa shape index (κ2) is 6.54. The number of hydrogen-bond acceptors (Lipinski definition) is 8. The van der Waals surface area contributed by atoms with Crippen molar-refractivity contribution in [1.29, 1.82) is 0 Å². The zero-order valence-electron chi connectivity index (χ0n) is 13.3.